The molecule has 6 nitrogen and oxygen atoms in total. The minimum atomic E-state index is -1.32. The predicted molar refractivity (Wildman–Crippen MR) is 111 cm³/mol. The van der Waals surface area contributed by atoms with E-state index in [0.717, 1.165) is 32.1 Å². The molecule has 6 heteroatoms. The zero-order valence-electron chi connectivity index (χ0n) is 18.6. The van der Waals surface area contributed by atoms with E-state index < -0.39 is 29.9 Å². The number of rotatable bonds is 4. The van der Waals surface area contributed by atoms with Crippen molar-refractivity contribution in [3.8, 4) is 0 Å². The Morgan fingerprint density at radius 1 is 1.03 bits per heavy atom. The standard InChI is InChI=1S/C24H40O6/c1-13(10-18(26)21(28)29)15-4-5-16-20-17(7-8-22(15,16)2)23(3)9-6-14(25)11-24(23,30)12-19(20)27/h13-20,25-27,30H,4-12H2,1-3H3,(H,28,29)/t13-,14?,15-,16+,17+,18-,19-,20+,22-,23-,24-/m1/s1. The van der Waals surface area contributed by atoms with Crippen LogP contribution >= 0.6 is 0 Å². The van der Waals surface area contributed by atoms with Crippen LogP contribution in [0.1, 0.15) is 78.6 Å². The van der Waals surface area contributed by atoms with E-state index in [-0.39, 0.29) is 35.0 Å². The minimum absolute atomic E-state index is 0.0276. The maximum absolute atomic E-state index is 11.5. The Bertz CT molecular complexity index is 683. The van der Waals surface area contributed by atoms with Gasteiger partial charge in [-0.05, 0) is 85.4 Å². The quantitative estimate of drug-likeness (QED) is 0.473. The van der Waals surface area contributed by atoms with Crippen molar-refractivity contribution in [3.63, 3.8) is 0 Å². The van der Waals surface area contributed by atoms with Gasteiger partial charge in [0.05, 0.1) is 17.8 Å². The van der Waals surface area contributed by atoms with Gasteiger partial charge in [-0.2, -0.15) is 0 Å². The maximum atomic E-state index is 11.5. The van der Waals surface area contributed by atoms with E-state index in [4.69, 9.17) is 5.11 Å². The molecule has 11 atom stereocenters. The Balaban J connectivity index is 1.59. The van der Waals surface area contributed by atoms with E-state index in [1.165, 1.54) is 0 Å². The monoisotopic (exact) mass is 424 g/mol. The van der Waals surface area contributed by atoms with E-state index in [9.17, 15) is 25.2 Å². The first-order chi connectivity index (χ1) is 13.9. The van der Waals surface area contributed by atoms with Gasteiger partial charge in [0.1, 0.15) is 0 Å². The van der Waals surface area contributed by atoms with Crippen LogP contribution in [0.2, 0.25) is 0 Å². The maximum Gasteiger partial charge on any atom is 0.332 e. The molecular weight excluding hydrogens is 384 g/mol. The van der Waals surface area contributed by atoms with Gasteiger partial charge in [-0.15, -0.1) is 0 Å². The molecule has 4 aliphatic carbocycles. The van der Waals surface area contributed by atoms with Gasteiger partial charge in [0.15, 0.2) is 6.10 Å². The first-order valence-electron chi connectivity index (χ1n) is 11.9. The molecule has 4 aliphatic rings. The third-order valence-corrected chi connectivity index (χ3v) is 10.4. The number of aliphatic hydroxyl groups is 4. The summed E-state index contributed by atoms with van der Waals surface area (Å²) in [4.78, 5) is 11.1. The largest absolute Gasteiger partial charge is 0.479 e. The number of aliphatic carboxylic acids is 1. The molecular formula is C24H40O6. The summed E-state index contributed by atoms with van der Waals surface area (Å²) in [6.45, 7) is 6.56. The summed E-state index contributed by atoms with van der Waals surface area (Å²) in [7, 11) is 0. The molecule has 0 bridgehead atoms. The number of carbonyl (C=O) groups is 1. The van der Waals surface area contributed by atoms with Crippen LogP contribution in [0.5, 0.6) is 0 Å². The smallest absolute Gasteiger partial charge is 0.332 e. The molecule has 0 aromatic heterocycles. The highest BCUT2D eigenvalue weighted by Crippen LogP contribution is 2.69. The van der Waals surface area contributed by atoms with Crippen LogP contribution < -0.4 is 0 Å². The number of hydrogen-bond donors (Lipinski definition) is 5. The molecule has 0 saturated heterocycles. The summed E-state index contributed by atoms with van der Waals surface area (Å²) in [6, 6.07) is 0. The van der Waals surface area contributed by atoms with Crippen molar-refractivity contribution in [2.24, 2.45) is 40.4 Å². The van der Waals surface area contributed by atoms with Gasteiger partial charge in [-0.25, -0.2) is 4.79 Å². The minimum Gasteiger partial charge on any atom is -0.479 e. The zero-order chi connectivity index (χ0) is 22.1. The van der Waals surface area contributed by atoms with E-state index in [0.29, 0.717) is 31.1 Å². The van der Waals surface area contributed by atoms with Crippen LogP contribution in [0.4, 0.5) is 0 Å². The van der Waals surface area contributed by atoms with Gasteiger partial charge < -0.3 is 25.5 Å². The summed E-state index contributed by atoms with van der Waals surface area (Å²) < 4.78 is 0. The van der Waals surface area contributed by atoms with Gasteiger partial charge >= 0.3 is 5.97 Å². The molecule has 4 saturated carbocycles. The van der Waals surface area contributed by atoms with Gasteiger partial charge in [-0.1, -0.05) is 20.8 Å². The highest BCUT2D eigenvalue weighted by atomic mass is 16.4. The molecule has 4 fully saturated rings. The molecule has 1 unspecified atom stereocenters. The molecule has 0 amide bonds. The Kier molecular flexibility index (Phi) is 5.57. The number of fused-ring (bicyclic) bond motifs is 5. The van der Waals surface area contributed by atoms with Crippen molar-refractivity contribution < 1.29 is 30.3 Å². The predicted octanol–water partition coefficient (Wildman–Crippen LogP) is 2.56. The molecule has 4 rings (SSSR count). The van der Waals surface area contributed by atoms with Crippen molar-refractivity contribution in [3.05, 3.63) is 0 Å². The summed E-state index contributed by atoms with van der Waals surface area (Å²) in [5.41, 5.74) is -1.25. The van der Waals surface area contributed by atoms with Crippen LogP contribution in [-0.2, 0) is 4.79 Å². The summed E-state index contributed by atoms with van der Waals surface area (Å²) in [5.74, 6) is 0.0436. The van der Waals surface area contributed by atoms with Crippen molar-refractivity contribution in [2.45, 2.75) is 102 Å². The lowest BCUT2D eigenvalue weighted by atomic mass is 9.42. The van der Waals surface area contributed by atoms with E-state index in [1.807, 2.05) is 0 Å². The highest BCUT2D eigenvalue weighted by molar-refractivity contribution is 5.71. The molecule has 0 aromatic carbocycles. The first-order valence-corrected chi connectivity index (χ1v) is 11.9. The van der Waals surface area contributed by atoms with Crippen LogP contribution in [-0.4, -0.2) is 55.4 Å². The van der Waals surface area contributed by atoms with Gasteiger partial charge in [-0.3, -0.25) is 0 Å². The van der Waals surface area contributed by atoms with E-state index >= 15 is 0 Å². The van der Waals surface area contributed by atoms with E-state index in [1.54, 1.807) is 0 Å². The Morgan fingerprint density at radius 2 is 1.73 bits per heavy atom. The summed E-state index contributed by atoms with van der Waals surface area (Å²) in [6.07, 6.45) is 4.10. The molecule has 0 heterocycles. The molecule has 172 valence electrons. The molecule has 0 aromatic rings. The molecule has 0 radical (unpaired) electrons. The Hall–Kier alpha value is -0.690. The van der Waals surface area contributed by atoms with Crippen molar-refractivity contribution in [1.82, 2.24) is 0 Å². The average molecular weight is 425 g/mol. The Labute approximate surface area is 179 Å². The highest BCUT2D eigenvalue weighted by Gasteiger charge is 2.67. The number of aliphatic hydroxyl groups excluding tert-OH is 3. The van der Waals surface area contributed by atoms with Crippen LogP contribution in [0.3, 0.4) is 0 Å². The van der Waals surface area contributed by atoms with Crippen molar-refractivity contribution in [1.29, 1.82) is 0 Å². The topological polar surface area (TPSA) is 118 Å². The molecule has 0 aliphatic heterocycles. The number of carboxylic acid groups (broad SMARTS) is 1. The summed E-state index contributed by atoms with van der Waals surface area (Å²) >= 11 is 0. The fourth-order valence-electron chi connectivity index (χ4n) is 8.82. The fourth-order valence-corrected chi connectivity index (χ4v) is 8.82. The third kappa shape index (κ3) is 3.16. The second-order valence-corrected chi connectivity index (χ2v) is 11.7. The van der Waals surface area contributed by atoms with Crippen LogP contribution in [0.15, 0.2) is 0 Å². The number of hydrogen-bond acceptors (Lipinski definition) is 5. The normalized spacial score (nSPS) is 52.6. The molecule has 30 heavy (non-hydrogen) atoms. The fraction of sp³-hybridized carbons (Fsp3) is 0.958. The van der Waals surface area contributed by atoms with Crippen molar-refractivity contribution in [2.75, 3.05) is 0 Å². The van der Waals surface area contributed by atoms with Gasteiger partial charge in [0, 0.05) is 12.8 Å². The lowest BCUT2D eigenvalue weighted by Crippen LogP contribution is -2.66. The molecule has 5 N–H and O–H groups in total. The van der Waals surface area contributed by atoms with Crippen molar-refractivity contribution >= 4 is 5.97 Å². The second kappa shape index (κ2) is 7.43. The van der Waals surface area contributed by atoms with Gasteiger partial charge in [0.25, 0.3) is 0 Å². The second-order valence-electron chi connectivity index (χ2n) is 11.7. The number of carboxylic acids is 1. The lowest BCUT2D eigenvalue weighted by Gasteiger charge is -2.65. The van der Waals surface area contributed by atoms with Crippen LogP contribution in [0, 0.1) is 40.4 Å². The SMILES string of the molecule is C[C@H](C[C@@H](O)C(=O)O)[C@H]1CC[C@H]2[C@@H]3[C@H](O)C[C@]4(O)CC(O)CC[C@]4(C)[C@H]3CC[C@]12C. The zero-order valence-corrected chi connectivity index (χ0v) is 18.6. The van der Waals surface area contributed by atoms with Crippen LogP contribution in [0.25, 0.3) is 0 Å². The first kappa shape index (κ1) is 22.5. The third-order valence-electron chi connectivity index (χ3n) is 10.4. The lowest BCUT2D eigenvalue weighted by molar-refractivity contribution is -0.249. The molecule has 0 spiro atoms. The Morgan fingerprint density at radius 3 is 2.40 bits per heavy atom. The van der Waals surface area contributed by atoms with Gasteiger partial charge in [0.2, 0.25) is 0 Å². The average Bonchev–Trinajstić information content (AvgIpc) is 3.00. The summed E-state index contributed by atoms with van der Waals surface area (Å²) in [5, 5.41) is 52.0. The van der Waals surface area contributed by atoms with E-state index in [2.05, 4.69) is 20.8 Å².